The Balaban J connectivity index is 1.72. The number of carbonyl (C=O) groups is 1. The number of aryl methyl sites for hydroxylation is 1. The summed E-state index contributed by atoms with van der Waals surface area (Å²) in [6, 6.07) is 7.46. The first-order valence-electron chi connectivity index (χ1n) is 6.48. The molecule has 0 aliphatic carbocycles. The molecule has 0 fully saturated rings. The molecule has 0 saturated carbocycles. The minimum atomic E-state index is -0.249. The van der Waals surface area contributed by atoms with Crippen LogP contribution in [-0.2, 0) is 0 Å². The van der Waals surface area contributed by atoms with E-state index in [9.17, 15) is 4.79 Å². The molecule has 0 spiro atoms. The molecule has 3 rings (SSSR count). The minimum absolute atomic E-state index is 0.0306. The van der Waals surface area contributed by atoms with Crippen molar-refractivity contribution >= 4 is 17.2 Å². The zero-order chi connectivity index (χ0) is 14.7. The third kappa shape index (κ3) is 3.03. The second-order valence-electron chi connectivity index (χ2n) is 4.55. The van der Waals surface area contributed by atoms with Gasteiger partial charge in [0.1, 0.15) is 11.8 Å². The summed E-state index contributed by atoms with van der Waals surface area (Å²) in [5.41, 5.74) is 0.290. The van der Waals surface area contributed by atoms with E-state index in [1.54, 1.807) is 30.5 Å². The summed E-state index contributed by atoms with van der Waals surface area (Å²) in [4.78, 5) is 13.2. The molecule has 0 bridgehead atoms. The number of aromatic nitrogens is 3. The molecule has 0 aliphatic heterocycles. The Bertz CT molecular complexity index is 669. The van der Waals surface area contributed by atoms with Gasteiger partial charge in [0.25, 0.3) is 5.91 Å². The second kappa shape index (κ2) is 5.92. The van der Waals surface area contributed by atoms with Crippen LogP contribution in [0.5, 0.6) is 0 Å². The molecule has 7 heteroatoms. The lowest BCUT2D eigenvalue weighted by Gasteiger charge is -2.16. The third-order valence-electron chi connectivity index (χ3n) is 3.03. The number of amides is 1. The van der Waals surface area contributed by atoms with Crippen molar-refractivity contribution in [2.45, 2.75) is 13.0 Å². The van der Waals surface area contributed by atoms with Crippen LogP contribution in [-0.4, -0.2) is 27.4 Å². The van der Waals surface area contributed by atoms with Gasteiger partial charge in [-0.25, -0.2) is 0 Å². The monoisotopic (exact) mass is 302 g/mol. The largest absolute Gasteiger partial charge is 0.361 e. The SMILES string of the molecule is Cc1cc(C(=O)NCC(c2cccs2)n2cccn2)no1. The fourth-order valence-electron chi connectivity index (χ4n) is 2.02. The Morgan fingerprint density at radius 1 is 1.52 bits per heavy atom. The Labute approximate surface area is 125 Å². The van der Waals surface area contributed by atoms with Gasteiger partial charge in [-0.15, -0.1) is 11.3 Å². The molecule has 3 aromatic heterocycles. The summed E-state index contributed by atoms with van der Waals surface area (Å²) in [7, 11) is 0. The van der Waals surface area contributed by atoms with Crippen molar-refractivity contribution in [1.29, 1.82) is 0 Å². The van der Waals surface area contributed by atoms with Crippen molar-refractivity contribution in [2.75, 3.05) is 6.54 Å². The maximum absolute atomic E-state index is 12.0. The first-order valence-corrected chi connectivity index (χ1v) is 7.36. The summed E-state index contributed by atoms with van der Waals surface area (Å²) < 4.78 is 6.74. The number of hydrogen-bond donors (Lipinski definition) is 1. The molecule has 1 atom stereocenters. The first kappa shape index (κ1) is 13.6. The van der Waals surface area contributed by atoms with Gasteiger partial charge in [0.05, 0.1) is 0 Å². The highest BCUT2D eigenvalue weighted by molar-refractivity contribution is 7.10. The maximum atomic E-state index is 12.0. The van der Waals surface area contributed by atoms with Crippen molar-refractivity contribution < 1.29 is 9.32 Å². The minimum Gasteiger partial charge on any atom is -0.361 e. The van der Waals surface area contributed by atoms with E-state index in [2.05, 4.69) is 15.6 Å². The van der Waals surface area contributed by atoms with E-state index in [4.69, 9.17) is 4.52 Å². The van der Waals surface area contributed by atoms with Gasteiger partial charge in [-0.2, -0.15) is 5.10 Å². The first-order chi connectivity index (χ1) is 10.2. The average Bonchev–Trinajstić information content (AvgIpc) is 3.21. The molecule has 1 unspecified atom stereocenters. The van der Waals surface area contributed by atoms with Crippen LogP contribution in [0.15, 0.2) is 46.6 Å². The van der Waals surface area contributed by atoms with Gasteiger partial charge in [-0.05, 0) is 24.4 Å². The highest BCUT2D eigenvalue weighted by atomic mass is 32.1. The van der Waals surface area contributed by atoms with E-state index < -0.39 is 0 Å². The zero-order valence-corrected chi connectivity index (χ0v) is 12.2. The van der Waals surface area contributed by atoms with Crippen molar-refractivity contribution in [3.63, 3.8) is 0 Å². The second-order valence-corrected chi connectivity index (χ2v) is 5.53. The standard InChI is InChI=1S/C14H14N4O2S/c1-10-8-11(17-20-10)14(19)15-9-12(13-4-2-7-21-13)18-6-3-5-16-18/h2-8,12H,9H2,1H3,(H,15,19). The van der Waals surface area contributed by atoms with Crippen molar-refractivity contribution in [3.05, 3.63) is 58.4 Å². The third-order valence-corrected chi connectivity index (χ3v) is 4.01. The van der Waals surface area contributed by atoms with Crippen LogP contribution < -0.4 is 5.32 Å². The normalized spacial score (nSPS) is 12.2. The topological polar surface area (TPSA) is 73.0 Å². The van der Waals surface area contributed by atoms with E-state index in [0.717, 1.165) is 4.88 Å². The highest BCUT2D eigenvalue weighted by Gasteiger charge is 2.18. The van der Waals surface area contributed by atoms with Gasteiger partial charge in [0, 0.05) is 29.9 Å². The molecule has 0 saturated heterocycles. The molecule has 1 N–H and O–H groups in total. The van der Waals surface area contributed by atoms with Crippen molar-refractivity contribution in [2.24, 2.45) is 0 Å². The van der Waals surface area contributed by atoms with E-state index >= 15 is 0 Å². The molecule has 3 heterocycles. The van der Waals surface area contributed by atoms with E-state index in [-0.39, 0.29) is 17.6 Å². The molecule has 3 aromatic rings. The summed E-state index contributed by atoms with van der Waals surface area (Å²) >= 11 is 1.63. The van der Waals surface area contributed by atoms with Crippen molar-refractivity contribution in [3.8, 4) is 0 Å². The van der Waals surface area contributed by atoms with Gasteiger partial charge < -0.3 is 9.84 Å². The Morgan fingerprint density at radius 2 is 2.43 bits per heavy atom. The summed E-state index contributed by atoms with van der Waals surface area (Å²) in [5.74, 6) is 0.364. The maximum Gasteiger partial charge on any atom is 0.273 e. The molecular weight excluding hydrogens is 288 g/mol. The fraction of sp³-hybridized carbons (Fsp3) is 0.214. The van der Waals surface area contributed by atoms with Gasteiger partial charge in [-0.1, -0.05) is 11.2 Å². The van der Waals surface area contributed by atoms with Gasteiger partial charge in [0.15, 0.2) is 5.69 Å². The van der Waals surface area contributed by atoms with E-state index in [1.807, 2.05) is 34.5 Å². The van der Waals surface area contributed by atoms with E-state index in [0.29, 0.717) is 12.3 Å². The number of carbonyl (C=O) groups excluding carboxylic acids is 1. The summed E-state index contributed by atoms with van der Waals surface area (Å²) in [6.07, 6.45) is 3.61. The van der Waals surface area contributed by atoms with Crippen LogP contribution in [0.4, 0.5) is 0 Å². The molecule has 108 valence electrons. The molecule has 21 heavy (non-hydrogen) atoms. The molecule has 1 amide bonds. The molecular formula is C14H14N4O2S. The average molecular weight is 302 g/mol. The van der Waals surface area contributed by atoms with Crippen LogP contribution in [0.2, 0.25) is 0 Å². The van der Waals surface area contributed by atoms with Gasteiger partial charge in [-0.3, -0.25) is 9.48 Å². The van der Waals surface area contributed by atoms with Crippen LogP contribution >= 0.6 is 11.3 Å². The number of nitrogens with zero attached hydrogens (tertiary/aromatic N) is 3. The number of nitrogens with one attached hydrogen (secondary N) is 1. The Morgan fingerprint density at radius 3 is 3.05 bits per heavy atom. The quantitative estimate of drug-likeness (QED) is 0.784. The van der Waals surface area contributed by atoms with Gasteiger partial charge >= 0.3 is 0 Å². The summed E-state index contributed by atoms with van der Waals surface area (Å²) in [5, 5.41) is 12.9. The number of rotatable bonds is 5. The zero-order valence-electron chi connectivity index (χ0n) is 11.4. The van der Waals surface area contributed by atoms with Gasteiger partial charge in [0.2, 0.25) is 0 Å². The number of hydrogen-bond acceptors (Lipinski definition) is 5. The molecule has 0 aromatic carbocycles. The molecule has 6 nitrogen and oxygen atoms in total. The lowest BCUT2D eigenvalue weighted by Crippen LogP contribution is -2.31. The smallest absolute Gasteiger partial charge is 0.273 e. The van der Waals surface area contributed by atoms with Crippen LogP contribution in [0.1, 0.15) is 27.2 Å². The Kier molecular flexibility index (Phi) is 3.83. The summed E-state index contributed by atoms with van der Waals surface area (Å²) in [6.45, 7) is 2.19. The predicted octanol–water partition coefficient (Wildman–Crippen LogP) is 2.26. The molecule has 0 aliphatic rings. The lowest BCUT2D eigenvalue weighted by atomic mass is 10.2. The Hall–Kier alpha value is -2.41. The molecule has 0 radical (unpaired) electrons. The lowest BCUT2D eigenvalue weighted by molar-refractivity contribution is 0.0940. The van der Waals surface area contributed by atoms with Crippen LogP contribution in [0.3, 0.4) is 0 Å². The van der Waals surface area contributed by atoms with Crippen LogP contribution in [0, 0.1) is 6.92 Å². The predicted molar refractivity (Wildman–Crippen MR) is 78.3 cm³/mol. The van der Waals surface area contributed by atoms with Crippen molar-refractivity contribution in [1.82, 2.24) is 20.3 Å². The fourth-order valence-corrected chi connectivity index (χ4v) is 2.84. The highest BCUT2D eigenvalue weighted by Crippen LogP contribution is 2.21. The number of thiophene rings is 1. The van der Waals surface area contributed by atoms with E-state index in [1.165, 1.54) is 0 Å². The van der Waals surface area contributed by atoms with Crippen LogP contribution in [0.25, 0.3) is 0 Å².